The summed E-state index contributed by atoms with van der Waals surface area (Å²) in [5, 5.41) is 22.1. The molecule has 2 N–H and O–H groups in total. The summed E-state index contributed by atoms with van der Waals surface area (Å²) in [4.78, 5) is 34.6. The second kappa shape index (κ2) is 6.99. The van der Waals surface area contributed by atoms with Crippen molar-refractivity contribution >= 4 is 23.3 Å². The highest BCUT2D eigenvalue weighted by molar-refractivity contribution is 5.90. The third-order valence-corrected chi connectivity index (χ3v) is 3.64. The van der Waals surface area contributed by atoms with Crippen LogP contribution in [0, 0.1) is 16.0 Å². The Hall–Kier alpha value is -2.48. The first kappa shape index (κ1) is 15.9. The molecule has 1 unspecified atom stereocenters. The summed E-state index contributed by atoms with van der Waals surface area (Å²) in [6, 6.07) is 5.61. The van der Waals surface area contributed by atoms with Crippen molar-refractivity contribution < 1.29 is 19.6 Å². The quantitative estimate of drug-likeness (QED) is 0.605. The molecule has 0 aliphatic carbocycles. The van der Waals surface area contributed by atoms with E-state index in [-0.39, 0.29) is 23.9 Å². The van der Waals surface area contributed by atoms with Crippen LogP contribution in [-0.4, -0.2) is 46.4 Å². The maximum atomic E-state index is 11.8. The summed E-state index contributed by atoms with van der Waals surface area (Å²) < 4.78 is 0. The number of anilines is 1. The molecule has 1 saturated heterocycles. The average molecular weight is 307 g/mol. The fourth-order valence-electron chi connectivity index (χ4n) is 2.39. The van der Waals surface area contributed by atoms with Gasteiger partial charge in [-0.2, -0.15) is 0 Å². The molecule has 1 aromatic rings. The van der Waals surface area contributed by atoms with Crippen molar-refractivity contribution in [3.8, 4) is 0 Å². The van der Waals surface area contributed by atoms with Crippen LogP contribution in [0.15, 0.2) is 24.3 Å². The van der Waals surface area contributed by atoms with E-state index in [1.54, 1.807) is 0 Å². The molecule has 0 spiro atoms. The molecule has 8 nitrogen and oxygen atoms in total. The van der Waals surface area contributed by atoms with E-state index < -0.39 is 10.9 Å². The third-order valence-electron chi connectivity index (χ3n) is 3.64. The molecule has 1 aromatic carbocycles. The predicted molar refractivity (Wildman–Crippen MR) is 78.5 cm³/mol. The lowest BCUT2D eigenvalue weighted by atomic mass is 10.1. The summed E-state index contributed by atoms with van der Waals surface area (Å²) in [6.07, 6.45) is 0.864. The third kappa shape index (κ3) is 4.26. The minimum atomic E-state index is -0.794. The average Bonchev–Trinajstić information content (AvgIpc) is 2.95. The van der Waals surface area contributed by atoms with Crippen molar-refractivity contribution in [3.63, 3.8) is 0 Å². The Morgan fingerprint density at radius 1 is 1.36 bits per heavy atom. The first-order chi connectivity index (χ1) is 10.5. The zero-order chi connectivity index (χ0) is 16.1. The number of carbonyl (C=O) groups excluding carboxylic acids is 1. The van der Waals surface area contributed by atoms with E-state index >= 15 is 0 Å². The van der Waals surface area contributed by atoms with Crippen LogP contribution in [0.1, 0.15) is 12.8 Å². The van der Waals surface area contributed by atoms with Crippen LogP contribution in [0.2, 0.25) is 0 Å². The molecule has 0 saturated carbocycles. The molecular weight excluding hydrogens is 290 g/mol. The highest BCUT2D eigenvalue weighted by Gasteiger charge is 2.27. The number of nitrogens with one attached hydrogen (secondary N) is 1. The number of amides is 1. The Morgan fingerprint density at radius 2 is 2.05 bits per heavy atom. The largest absolute Gasteiger partial charge is 0.481 e. The zero-order valence-electron chi connectivity index (χ0n) is 11.9. The Balaban J connectivity index is 1.76. The lowest BCUT2D eigenvalue weighted by Gasteiger charge is -2.14. The fraction of sp³-hybridized carbons (Fsp3) is 0.429. The van der Waals surface area contributed by atoms with Crippen molar-refractivity contribution in [2.45, 2.75) is 12.8 Å². The molecule has 0 aromatic heterocycles. The SMILES string of the molecule is O=C(CCN1CCC(C(=O)O)C1)Nc1ccc([N+](=O)[O-])cc1. The summed E-state index contributed by atoms with van der Waals surface area (Å²) >= 11 is 0. The number of carboxylic acids is 1. The molecular formula is C14H17N3O5. The number of hydrogen-bond donors (Lipinski definition) is 2. The molecule has 2 rings (SSSR count). The van der Waals surface area contributed by atoms with Crippen molar-refractivity contribution in [2.75, 3.05) is 25.0 Å². The first-order valence-corrected chi connectivity index (χ1v) is 6.95. The van der Waals surface area contributed by atoms with E-state index in [0.717, 1.165) is 0 Å². The van der Waals surface area contributed by atoms with Crippen LogP contribution in [0.25, 0.3) is 0 Å². The van der Waals surface area contributed by atoms with Crippen LogP contribution in [0.3, 0.4) is 0 Å². The number of rotatable bonds is 6. The number of aliphatic carboxylic acids is 1. The monoisotopic (exact) mass is 307 g/mol. The summed E-state index contributed by atoms with van der Waals surface area (Å²) in [7, 11) is 0. The molecule has 0 bridgehead atoms. The van der Waals surface area contributed by atoms with Gasteiger partial charge in [-0.15, -0.1) is 0 Å². The number of hydrogen-bond acceptors (Lipinski definition) is 5. The van der Waals surface area contributed by atoms with Gasteiger partial charge in [0.25, 0.3) is 5.69 Å². The van der Waals surface area contributed by atoms with E-state index in [2.05, 4.69) is 5.32 Å². The molecule has 1 heterocycles. The van der Waals surface area contributed by atoms with Crippen molar-refractivity contribution in [1.82, 2.24) is 4.90 Å². The van der Waals surface area contributed by atoms with Crippen LogP contribution in [-0.2, 0) is 9.59 Å². The van der Waals surface area contributed by atoms with E-state index in [4.69, 9.17) is 5.11 Å². The number of nitro groups is 1. The standard InChI is InChI=1S/C14H17N3O5/c18-13(6-8-16-7-5-10(9-16)14(19)20)15-11-1-3-12(4-2-11)17(21)22/h1-4,10H,5-9H2,(H,15,18)(H,19,20). The van der Waals surface area contributed by atoms with Gasteiger partial charge in [0, 0.05) is 37.3 Å². The first-order valence-electron chi connectivity index (χ1n) is 6.95. The van der Waals surface area contributed by atoms with Crippen molar-refractivity contribution in [2.24, 2.45) is 5.92 Å². The number of benzene rings is 1. The smallest absolute Gasteiger partial charge is 0.307 e. The fourth-order valence-corrected chi connectivity index (χ4v) is 2.39. The maximum Gasteiger partial charge on any atom is 0.307 e. The van der Waals surface area contributed by atoms with Gasteiger partial charge in [0.05, 0.1) is 10.8 Å². The van der Waals surface area contributed by atoms with Gasteiger partial charge in [0.15, 0.2) is 0 Å². The zero-order valence-corrected chi connectivity index (χ0v) is 11.9. The predicted octanol–water partition coefficient (Wildman–Crippen LogP) is 1.33. The maximum absolute atomic E-state index is 11.8. The number of carboxylic acid groups (broad SMARTS) is 1. The molecule has 1 aliphatic heterocycles. The molecule has 118 valence electrons. The van der Waals surface area contributed by atoms with Gasteiger partial charge in [-0.25, -0.2) is 0 Å². The minimum absolute atomic E-state index is 0.0326. The minimum Gasteiger partial charge on any atom is -0.481 e. The number of nitrogens with zero attached hydrogens (tertiary/aromatic N) is 2. The summed E-state index contributed by atoms with van der Waals surface area (Å²) in [5.41, 5.74) is 0.468. The number of nitro benzene ring substituents is 1. The van der Waals surface area contributed by atoms with Crippen LogP contribution in [0.5, 0.6) is 0 Å². The number of non-ortho nitro benzene ring substituents is 1. The van der Waals surface area contributed by atoms with E-state index in [9.17, 15) is 19.7 Å². The number of carbonyl (C=O) groups is 2. The molecule has 0 radical (unpaired) electrons. The van der Waals surface area contributed by atoms with E-state index in [1.165, 1.54) is 24.3 Å². The van der Waals surface area contributed by atoms with Gasteiger partial charge in [-0.3, -0.25) is 19.7 Å². The van der Waals surface area contributed by atoms with E-state index in [1.807, 2.05) is 4.90 Å². The summed E-state index contributed by atoms with van der Waals surface area (Å²) in [6.45, 7) is 1.66. The molecule has 1 aliphatic rings. The number of likely N-dealkylation sites (tertiary alicyclic amines) is 1. The Kier molecular flexibility index (Phi) is 5.05. The lowest BCUT2D eigenvalue weighted by Crippen LogP contribution is -2.27. The molecule has 1 fully saturated rings. The van der Waals surface area contributed by atoms with Crippen LogP contribution in [0.4, 0.5) is 11.4 Å². The lowest BCUT2D eigenvalue weighted by molar-refractivity contribution is -0.384. The van der Waals surface area contributed by atoms with Crippen molar-refractivity contribution in [1.29, 1.82) is 0 Å². The Bertz CT molecular complexity index is 572. The normalized spacial score (nSPS) is 18.1. The van der Waals surface area contributed by atoms with Crippen molar-refractivity contribution in [3.05, 3.63) is 34.4 Å². The van der Waals surface area contributed by atoms with Gasteiger partial charge < -0.3 is 15.3 Å². The van der Waals surface area contributed by atoms with Gasteiger partial charge in [-0.05, 0) is 25.1 Å². The second-order valence-electron chi connectivity index (χ2n) is 5.23. The van der Waals surface area contributed by atoms with Crippen LogP contribution < -0.4 is 5.32 Å². The van der Waals surface area contributed by atoms with E-state index in [0.29, 0.717) is 31.7 Å². The highest BCUT2D eigenvalue weighted by atomic mass is 16.6. The highest BCUT2D eigenvalue weighted by Crippen LogP contribution is 2.17. The summed E-state index contributed by atoms with van der Waals surface area (Å²) in [5.74, 6) is -1.34. The van der Waals surface area contributed by atoms with Gasteiger partial charge in [-0.1, -0.05) is 0 Å². The Morgan fingerprint density at radius 3 is 2.59 bits per heavy atom. The molecule has 22 heavy (non-hydrogen) atoms. The topological polar surface area (TPSA) is 113 Å². The molecule has 1 amide bonds. The Labute approximate surface area is 126 Å². The molecule has 1 atom stereocenters. The van der Waals surface area contributed by atoms with Crippen LogP contribution >= 0.6 is 0 Å². The molecule has 8 heteroatoms. The van der Waals surface area contributed by atoms with Gasteiger partial charge in [0.1, 0.15) is 0 Å². The van der Waals surface area contributed by atoms with Gasteiger partial charge >= 0.3 is 5.97 Å². The second-order valence-corrected chi connectivity index (χ2v) is 5.23. The van der Waals surface area contributed by atoms with Gasteiger partial charge in [0.2, 0.25) is 5.91 Å².